The Labute approximate surface area is 160 Å². The van der Waals surface area contributed by atoms with E-state index >= 15 is 0 Å². The van der Waals surface area contributed by atoms with Crippen molar-refractivity contribution in [2.75, 3.05) is 40.4 Å². The van der Waals surface area contributed by atoms with Crippen LogP contribution in [0.2, 0.25) is 0 Å². The summed E-state index contributed by atoms with van der Waals surface area (Å²) in [5, 5.41) is 4.36. The first-order chi connectivity index (χ1) is 12.8. The second-order valence-electron chi connectivity index (χ2n) is 6.61. The van der Waals surface area contributed by atoms with Gasteiger partial charge in [-0.1, -0.05) is 0 Å². The van der Waals surface area contributed by atoms with E-state index < -0.39 is 10.0 Å². The molecule has 2 aromatic rings. The molecule has 1 aliphatic rings. The zero-order valence-electron chi connectivity index (χ0n) is 16.2. The van der Waals surface area contributed by atoms with Crippen LogP contribution in [0.15, 0.2) is 29.3 Å². The van der Waals surface area contributed by atoms with Gasteiger partial charge in [0.2, 0.25) is 10.0 Å². The second kappa shape index (κ2) is 7.87. The molecule has 0 unspecified atom stereocenters. The molecule has 27 heavy (non-hydrogen) atoms. The summed E-state index contributed by atoms with van der Waals surface area (Å²) in [6.45, 7) is 5.00. The van der Waals surface area contributed by atoms with E-state index in [9.17, 15) is 8.42 Å². The van der Waals surface area contributed by atoms with Crippen LogP contribution in [0.3, 0.4) is 0 Å². The number of nitrogens with zero attached hydrogens (tertiary/aromatic N) is 4. The second-order valence-corrected chi connectivity index (χ2v) is 8.52. The summed E-state index contributed by atoms with van der Waals surface area (Å²) in [6, 6.07) is 4.77. The quantitative estimate of drug-likeness (QED) is 0.734. The number of aromatic nitrogens is 2. The van der Waals surface area contributed by atoms with Crippen LogP contribution in [0, 0.1) is 6.92 Å². The molecule has 1 aromatic heterocycles. The summed E-state index contributed by atoms with van der Waals surface area (Å²) >= 11 is 0. The highest BCUT2D eigenvalue weighted by molar-refractivity contribution is 7.89. The van der Waals surface area contributed by atoms with Crippen LogP contribution in [-0.2, 0) is 23.6 Å². The number of methoxy groups -OCH3 is 2. The maximum atomic E-state index is 13.1. The van der Waals surface area contributed by atoms with E-state index in [0.717, 1.165) is 12.2 Å². The Morgan fingerprint density at radius 2 is 1.81 bits per heavy atom. The molecule has 1 aliphatic heterocycles. The maximum Gasteiger partial charge on any atom is 0.246 e. The first-order valence-electron chi connectivity index (χ1n) is 8.79. The zero-order chi connectivity index (χ0) is 19.6. The molecule has 0 bridgehead atoms. The van der Waals surface area contributed by atoms with Crippen molar-refractivity contribution < 1.29 is 17.9 Å². The van der Waals surface area contributed by atoms with E-state index in [2.05, 4.69) is 10.00 Å². The molecule has 0 atom stereocenters. The minimum atomic E-state index is -3.62. The average Bonchev–Trinajstić information content (AvgIpc) is 2.98. The molecule has 0 N–H and O–H groups in total. The van der Waals surface area contributed by atoms with E-state index in [1.54, 1.807) is 22.9 Å². The van der Waals surface area contributed by atoms with Gasteiger partial charge in [-0.3, -0.25) is 9.58 Å². The van der Waals surface area contributed by atoms with Gasteiger partial charge in [-0.15, -0.1) is 0 Å². The molecular formula is C18H26N4O4S. The molecule has 3 rings (SSSR count). The monoisotopic (exact) mass is 394 g/mol. The molecule has 1 saturated heterocycles. The lowest BCUT2D eigenvalue weighted by Gasteiger charge is -2.34. The highest BCUT2D eigenvalue weighted by Crippen LogP contribution is 2.31. The highest BCUT2D eigenvalue weighted by atomic mass is 32.2. The Morgan fingerprint density at radius 3 is 2.37 bits per heavy atom. The maximum absolute atomic E-state index is 13.1. The normalized spacial score (nSPS) is 16.4. The van der Waals surface area contributed by atoms with E-state index in [1.165, 1.54) is 24.1 Å². The number of hydrogen-bond acceptors (Lipinski definition) is 6. The van der Waals surface area contributed by atoms with Gasteiger partial charge in [-0.2, -0.15) is 9.40 Å². The summed E-state index contributed by atoms with van der Waals surface area (Å²) in [7, 11) is 1.28. The van der Waals surface area contributed by atoms with Crippen molar-refractivity contribution in [3.63, 3.8) is 0 Å². The first kappa shape index (κ1) is 19.7. The molecule has 0 spiro atoms. The van der Waals surface area contributed by atoms with Gasteiger partial charge in [0.05, 0.1) is 19.9 Å². The van der Waals surface area contributed by atoms with Crippen molar-refractivity contribution in [2.24, 2.45) is 7.05 Å². The molecule has 1 aromatic carbocycles. The third kappa shape index (κ3) is 4.10. The largest absolute Gasteiger partial charge is 0.497 e. The fourth-order valence-electron chi connectivity index (χ4n) is 3.30. The predicted octanol–water partition coefficient (Wildman–Crippen LogP) is 1.25. The average molecular weight is 394 g/mol. The fraction of sp³-hybridized carbons (Fsp3) is 0.500. The van der Waals surface area contributed by atoms with Crippen LogP contribution in [0.25, 0.3) is 0 Å². The predicted molar refractivity (Wildman–Crippen MR) is 102 cm³/mol. The van der Waals surface area contributed by atoms with Crippen molar-refractivity contribution in [1.29, 1.82) is 0 Å². The molecule has 0 radical (unpaired) electrons. The number of piperazine rings is 1. The van der Waals surface area contributed by atoms with E-state index in [4.69, 9.17) is 9.47 Å². The Bertz CT molecular complexity index is 902. The lowest BCUT2D eigenvalue weighted by Crippen LogP contribution is -2.48. The minimum absolute atomic E-state index is 0.169. The van der Waals surface area contributed by atoms with Crippen LogP contribution in [0.4, 0.5) is 0 Å². The Balaban J connectivity index is 1.70. The molecule has 9 heteroatoms. The van der Waals surface area contributed by atoms with Crippen molar-refractivity contribution >= 4 is 10.0 Å². The van der Waals surface area contributed by atoms with Gasteiger partial charge in [0.15, 0.2) is 0 Å². The molecular weight excluding hydrogens is 368 g/mol. The number of hydrogen-bond donors (Lipinski definition) is 0. The number of aryl methyl sites for hydroxylation is 2. The van der Waals surface area contributed by atoms with E-state index in [0.29, 0.717) is 37.7 Å². The number of sulfonamides is 1. The van der Waals surface area contributed by atoms with Crippen molar-refractivity contribution in [1.82, 2.24) is 19.0 Å². The highest BCUT2D eigenvalue weighted by Gasteiger charge is 2.31. The standard InChI is InChI=1S/C18H26N4O4S/c1-14-15(12-20(2)19-14)13-21-7-9-22(10-8-21)27(23,24)18-6-5-16(25-3)11-17(18)26-4/h5-6,11-12H,7-10,13H2,1-4H3. The lowest BCUT2D eigenvalue weighted by molar-refractivity contribution is 0.181. The van der Waals surface area contributed by atoms with Gasteiger partial charge in [0.25, 0.3) is 0 Å². The molecule has 0 saturated carbocycles. The molecule has 148 valence electrons. The summed E-state index contributed by atoms with van der Waals surface area (Å²) in [6.07, 6.45) is 2.01. The van der Waals surface area contributed by atoms with Gasteiger partial charge in [0.1, 0.15) is 16.4 Å². The summed E-state index contributed by atoms with van der Waals surface area (Å²) < 4.78 is 39.9. The van der Waals surface area contributed by atoms with Crippen LogP contribution >= 0.6 is 0 Å². The summed E-state index contributed by atoms with van der Waals surface area (Å²) in [5.41, 5.74) is 2.18. The minimum Gasteiger partial charge on any atom is -0.497 e. The molecule has 0 amide bonds. The number of ether oxygens (including phenoxy) is 2. The smallest absolute Gasteiger partial charge is 0.246 e. The first-order valence-corrected chi connectivity index (χ1v) is 10.2. The Morgan fingerprint density at radius 1 is 1.11 bits per heavy atom. The number of rotatable bonds is 6. The van der Waals surface area contributed by atoms with Crippen molar-refractivity contribution in [2.45, 2.75) is 18.4 Å². The van der Waals surface area contributed by atoms with Gasteiger partial charge in [-0.05, 0) is 19.1 Å². The van der Waals surface area contributed by atoms with Gasteiger partial charge in [-0.25, -0.2) is 8.42 Å². The number of benzene rings is 1. The van der Waals surface area contributed by atoms with E-state index in [-0.39, 0.29) is 4.90 Å². The zero-order valence-corrected chi connectivity index (χ0v) is 17.0. The SMILES string of the molecule is COc1ccc(S(=O)(=O)N2CCN(Cc3cn(C)nc3C)CC2)c(OC)c1. The van der Waals surface area contributed by atoms with E-state index in [1.807, 2.05) is 20.2 Å². The van der Waals surface area contributed by atoms with Crippen molar-refractivity contribution in [3.8, 4) is 11.5 Å². The van der Waals surface area contributed by atoms with Crippen molar-refractivity contribution in [3.05, 3.63) is 35.7 Å². The molecule has 0 aliphatic carbocycles. The summed E-state index contributed by atoms with van der Waals surface area (Å²) in [5.74, 6) is 0.852. The molecule has 1 fully saturated rings. The fourth-order valence-corrected chi connectivity index (χ4v) is 4.86. The summed E-state index contributed by atoms with van der Waals surface area (Å²) in [4.78, 5) is 2.42. The lowest BCUT2D eigenvalue weighted by atomic mass is 10.2. The molecule has 2 heterocycles. The Kier molecular flexibility index (Phi) is 5.73. The Hall–Kier alpha value is -2.10. The third-order valence-corrected chi connectivity index (χ3v) is 6.77. The van der Waals surface area contributed by atoms with Crippen LogP contribution in [0.1, 0.15) is 11.3 Å². The van der Waals surface area contributed by atoms with Crippen LogP contribution < -0.4 is 9.47 Å². The van der Waals surface area contributed by atoms with Gasteiger partial charge in [0, 0.05) is 57.6 Å². The third-order valence-electron chi connectivity index (χ3n) is 4.83. The topological polar surface area (TPSA) is 76.9 Å². The van der Waals surface area contributed by atoms with Gasteiger partial charge < -0.3 is 9.47 Å². The molecule has 8 nitrogen and oxygen atoms in total. The van der Waals surface area contributed by atoms with Gasteiger partial charge >= 0.3 is 0 Å². The van der Waals surface area contributed by atoms with Crippen LogP contribution in [0.5, 0.6) is 11.5 Å². The van der Waals surface area contributed by atoms with Crippen LogP contribution in [-0.4, -0.2) is 67.8 Å².